The molecule has 1 fully saturated rings. The summed E-state index contributed by atoms with van der Waals surface area (Å²) in [6, 6.07) is 0.454. The molecular weight excluding hydrogens is 230 g/mol. The predicted molar refractivity (Wildman–Crippen MR) is 73.6 cm³/mol. The van der Waals surface area contributed by atoms with Crippen molar-refractivity contribution in [2.24, 2.45) is 5.73 Å². The molecular formula is C13H29N3O2. The van der Waals surface area contributed by atoms with Crippen molar-refractivity contribution in [1.82, 2.24) is 9.80 Å². The van der Waals surface area contributed by atoms with E-state index in [-0.39, 0.29) is 12.2 Å². The number of aliphatic hydroxyl groups is 1. The third-order valence-electron chi connectivity index (χ3n) is 3.49. The van der Waals surface area contributed by atoms with Crippen LogP contribution in [-0.4, -0.2) is 80.0 Å². The lowest BCUT2D eigenvalue weighted by molar-refractivity contribution is 0.0511. The van der Waals surface area contributed by atoms with Gasteiger partial charge in [-0.05, 0) is 33.9 Å². The fourth-order valence-electron chi connectivity index (χ4n) is 2.66. The highest BCUT2D eigenvalue weighted by atomic mass is 16.5. The average molecular weight is 259 g/mol. The molecule has 1 aliphatic heterocycles. The summed E-state index contributed by atoms with van der Waals surface area (Å²) in [4.78, 5) is 4.55. The first-order valence-electron chi connectivity index (χ1n) is 6.95. The Morgan fingerprint density at radius 1 is 1.50 bits per heavy atom. The van der Waals surface area contributed by atoms with E-state index in [1.165, 1.54) is 0 Å². The maximum atomic E-state index is 9.79. The summed E-state index contributed by atoms with van der Waals surface area (Å²) < 4.78 is 5.57. The molecule has 0 aliphatic carbocycles. The van der Waals surface area contributed by atoms with E-state index in [1.54, 1.807) is 0 Å². The van der Waals surface area contributed by atoms with E-state index in [9.17, 15) is 5.11 Å². The minimum absolute atomic E-state index is 0.146. The summed E-state index contributed by atoms with van der Waals surface area (Å²) in [7, 11) is 4.15. The number of aliphatic hydroxyl groups excluding tert-OH is 1. The largest absolute Gasteiger partial charge is 0.392 e. The number of likely N-dealkylation sites (N-methyl/N-ethyl adjacent to an activating group) is 1. The molecule has 5 nitrogen and oxygen atoms in total. The first-order valence-corrected chi connectivity index (χ1v) is 6.95. The lowest BCUT2D eigenvalue weighted by Gasteiger charge is -2.28. The van der Waals surface area contributed by atoms with Crippen LogP contribution < -0.4 is 5.73 Å². The Hall–Kier alpha value is -0.200. The summed E-state index contributed by atoms with van der Waals surface area (Å²) in [6.07, 6.45) is 1.78. The zero-order valence-electron chi connectivity index (χ0n) is 12.0. The fraction of sp³-hybridized carbons (Fsp3) is 1.00. The first-order chi connectivity index (χ1) is 8.56. The van der Waals surface area contributed by atoms with Crippen LogP contribution in [0.1, 0.15) is 19.8 Å². The topological polar surface area (TPSA) is 62.0 Å². The van der Waals surface area contributed by atoms with Crippen molar-refractivity contribution in [2.75, 3.05) is 46.9 Å². The molecule has 0 aromatic carbocycles. The van der Waals surface area contributed by atoms with Gasteiger partial charge in [-0.1, -0.05) is 0 Å². The number of nitrogens with two attached hydrogens (primary N) is 1. The number of nitrogens with zero attached hydrogens (tertiary/aromatic N) is 2. The van der Waals surface area contributed by atoms with Gasteiger partial charge < -0.3 is 20.5 Å². The lowest BCUT2D eigenvalue weighted by atomic mass is 10.2. The number of hydrogen-bond donors (Lipinski definition) is 2. The minimum Gasteiger partial charge on any atom is -0.392 e. The Bertz CT molecular complexity index is 226. The van der Waals surface area contributed by atoms with Crippen molar-refractivity contribution < 1.29 is 9.84 Å². The minimum atomic E-state index is -0.182. The molecule has 1 saturated heterocycles. The molecule has 1 rings (SSSR count). The Labute approximate surface area is 111 Å². The summed E-state index contributed by atoms with van der Waals surface area (Å²) in [5, 5.41) is 9.79. The van der Waals surface area contributed by atoms with Gasteiger partial charge in [-0.15, -0.1) is 0 Å². The van der Waals surface area contributed by atoms with Crippen LogP contribution in [0.3, 0.4) is 0 Å². The van der Waals surface area contributed by atoms with Crippen molar-refractivity contribution in [2.45, 2.75) is 38.0 Å². The molecule has 0 radical (unpaired) electrons. The lowest BCUT2D eigenvalue weighted by Crippen LogP contribution is -2.40. The Morgan fingerprint density at radius 2 is 2.22 bits per heavy atom. The molecule has 5 heteroatoms. The van der Waals surface area contributed by atoms with Crippen molar-refractivity contribution in [1.29, 1.82) is 0 Å². The van der Waals surface area contributed by atoms with E-state index in [0.29, 0.717) is 19.2 Å². The first kappa shape index (κ1) is 15.9. The number of rotatable bonds is 8. The fourth-order valence-corrected chi connectivity index (χ4v) is 2.66. The van der Waals surface area contributed by atoms with Crippen molar-refractivity contribution in [3.8, 4) is 0 Å². The van der Waals surface area contributed by atoms with Gasteiger partial charge in [0.05, 0.1) is 12.2 Å². The molecule has 1 heterocycles. The van der Waals surface area contributed by atoms with Crippen LogP contribution in [0.15, 0.2) is 0 Å². The second-order valence-corrected chi connectivity index (χ2v) is 5.40. The normalized spacial score (nSPS) is 27.0. The van der Waals surface area contributed by atoms with Crippen LogP contribution >= 0.6 is 0 Å². The maximum Gasteiger partial charge on any atom is 0.0709 e. The summed E-state index contributed by atoms with van der Waals surface area (Å²) >= 11 is 0. The highest BCUT2D eigenvalue weighted by Crippen LogP contribution is 2.19. The molecule has 0 saturated carbocycles. The molecule has 108 valence electrons. The van der Waals surface area contributed by atoms with E-state index in [1.807, 2.05) is 6.92 Å². The van der Waals surface area contributed by atoms with Crippen molar-refractivity contribution >= 4 is 0 Å². The van der Waals surface area contributed by atoms with Gasteiger partial charge >= 0.3 is 0 Å². The van der Waals surface area contributed by atoms with Gasteiger partial charge in [0.25, 0.3) is 0 Å². The molecule has 0 aromatic rings. The van der Waals surface area contributed by atoms with Gasteiger partial charge in [0.1, 0.15) is 0 Å². The number of ether oxygens (including phenoxy) is 1. The van der Waals surface area contributed by atoms with Gasteiger partial charge in [0, 0.05) is 38.8 Å². The zero-order valence-corrected chi connectivity index (χ0v) is 12.0. The van der Waals surface area contributed by atoms with Gasteiger partial charge in [0.2, 0.25) is 0 Å². The van der Waals surface area contributed by atoms with Crippen LogP contribution in [0.4, 0.5) is 0 Å². The molecule has 1 aliphatic rings. The van der Waals surface area contributed by atoms with Crippen molar-refractivity contribution in [3.05, 3.63) is 0 Å². The third kappa shape index (κ3) is 5.20. The summed E-state index contributed by atoms with van der Waals surface area (Å²) in [5.74, 6) is 0. The van der Waals surface area contributed by atoms with Gasteiger partial charge in [0.15, 0.2) is 0 Å². The Kier molecular flexibility index (Phi) is 7.11. The number of likely N-dealkylation sites (tertiary alicyclic amines) is 1. The van der Waals surface area contributed by atoms with Crippen molar-refractivity contribution in [3.63, 3.8) is 0 Å². The van der Waals surface area contributed by atoms with E-state index < -0.39 is 0 Å². The molecule has 0 aromatic heterocycles. The highest BCUT2D eigenvalue weighted by Gasteiger charge is 2.31. The van der Waals surface area contributed by atoms with E-state index in [4.69, 9.17) is 10.5 Å². The standard InChI is InChI=1S/C13H29N3O2/c1-4-18-13(8-14)5-6-16-10-12(17)7-11(16)9-15(2)3/h11-13,17H,4-10,14H2,1-3H3. The zero-order chi connectivity index (χ0) is 13.5. The second kappa shape index (κ2) is 8.07. The summed E-state index contributed by atoms with van der Waals surface area (Å²) in [5.41, 5.74) is 5.69. The number of hydrogen-bond acceptors (Lipinski definition) is 5. The molecule has 3 unspecified atom stereocenters. The van der Waals surface area contributed by atoms with Crippen LogP contribution in [-0.2, 0) is 4.74 Å². The maximum absolute atomic E-state index is 9.79. The van der Waals surface area contributed by atoms with Crippen LogP contribution in [0.2, 0.25) is 0 Å². The Morgan fingerprint density at radius 3 is 2.78 bits per heavy atom. The van der Waals surface area contributed by atoms with Gasteiger partial charge in [-0.3, -0.25) is 4.90 Å². The average Bonchev–Trinajstić information content (AvgIpc) is 2.64. The number of β-amino-alcohol motifs (C(OH)–C–C–N with tert-alkyl or cyclic N) is 1. The molecule has 0 amide bonds. The highest BCUT2D eigenvalue weighted by molar-refractivity contribution is 4.86. The second-order valence-electron chi connectivity index (χ2n) is 5.40. The monoisotopic (exact) mass is 259 g/mol. The predicted octanol–water partition coefficient (Wildman–Crippen LogP) is -0.263. The van der Waals surface area contributed by atoms with Crippen LogP contribution in [0.25, 0.3) is 0 Å². The SMILES string of the molecule is CCOC(CN)CCN1CC(O)CC1CN(C)C. The molecule has 3 N–H and O–H groups in total. The van der Waals surface area contributed by atoms with Gasteiger partial charge in [-0.25, -0.2) is 0 Å². The van der Waals surface area contributed by atoms with E-state index in [2.05, 4.69) is 23.9 Å². The molecule has 3 atom stereocenters. The summed E-state index contributed by atoms with van der Waals surface area (Å²) in [6.45, 7) is 6.02. The third-order valence-corrected chi connectivity index (χ3v) is 3.49. The van der Waals surface area contributed by atoms with E-state index in [0.717, 1.165) is 32.5 Å². The van der Waals surface area contributed by atoms with E-state index >= 15 is 0 Å². The van der Waals surface area contributed by atoms with Crippen LogP contribution in [0.5, 0.6) is 0 Å². The molecule has 18 heavy (non-hydrogen) atoms. The quantitative estimate of drug-likeness (QED) is 0.629. The molecule has 0 bridgehead atoms. The van der Waals surface area contributed by atoms with Crippen LogP contribution in [0, 0.1) is 0 Å². The molecule has 0 spiro atoms. The smallest absolute Gasteiger partial charge is 0.0709 e. The van der Waals surface area contributed by atoms with Gasteiger partial charge in [-0.2, -0.15) is 0 Å². The Balaban J connectivity index is 2.38.